The van der Waals surface area contributed by atoms with Gasteiger partial charge < -0.3 is 9.47 Å². The number of benzene rings is 3. The number of thioether (sulfide) groups is 1. The average molecular weight is 721 g/mol. The van der Waals surface area contributed by atoms with Gasteiger partial charge in [0.1, 0.15) is 0 Å². The molecule has 268 valence electrons. The first kappa shape index (κ1) is 34.5. The van der Waals surface area contributed by atoms with Crippen molar-refractivity contribution >= 4 is 39.3 Å². The minimum atomic E-state index is 0.357. The molecule has 0 radical (unpaired) electrons. The molecule has 9 rings (SSSR count). The van der Waals surface area contributed by atoms with Crippen LogP contribution in [0.15, 0.2) is 197 Å². The van der Waals surface area contributed by atoms with E-state index < -0.39 is 0 Å². The molecule has 0 spiro atoms. The third kappa shape index (κ3) is 6.60. The summed E-state index contributed by atoms with van der Waals surface area (Å²) in [7, 11) is 0. The lowest BCUT2D eigenvalue weighted by molar-refractivity contribution is 0.505. The number of hydrogen-bond acceptors (Lipinski definition) is 2. The van der Waals surface area contributed by atoms with Gasteiger partial charge in [-0.05, 0) is 113 Å². The van der Waals surface area contributed by atoms with E-state index in [1.165, 1.54) is 68.3 Å². The number of para-hydroxylation sites is 1. The molecule has 1 aliphatic heterocycles. The van der Waals surface area contributed by atoms with Gasteiger partial charge in [0, 0.05) is 58.1 Å². The first-order valence-electron chi connectivity index (χ1n) is 19.7. The van der Waals surface area contributed by atoms with Crippen molar-refractivity contribution in [1.29, 1.82) is 0 Å². The average Bonchev–Trinajstić information content (AvgIpc) is 3.63. The Kier molecular flexibility index (Phi) is 9.74. The van der Waals surface area contributed by atoms with Crippen LogP contribution in [0.25, 0.3) is 32.9 Å². The molecule has 1 aromatic heterocycles. The predicted molar refractivity (Wildman–Crippen MR) is 234 cm³/mol. The Morgan fingerprint density at radius 2 is 1.81 bits per heavy atom. The maximum Gasteiger partial charge on any atom is 0.0497 e. The Morgan fingerprint density at radius 1 is 0.907 bits per heavy atom. The molecule has 3 heteroatoms. The van der Waals surface area contributed by atoms with Crippen molar-refractivity contribution in [2.45, 2.75) is 58.0 Å². The maximum absolute atomic E-state index is 3.89. The number of anilines is 1. The molecule has 0 amide bonds. The summed E-state index contributed by atoms with van der Waals surface area (Å²) in [4.78, 5) is 5.86. The van der Waals surface area contributed by atoms with Crippen LogP contribution in [0.4, 0.5) is 5.69 Å². The maximum atomic E-state index is 3.89. The molecule has 4 aliphatic carbocycles. The highest BCUT2D eigenvalue weighted by molar-refractivity contribution is 8.07. The number of hydrogen-bond donors (Lipinski definition) is 0. The molecule has 3 unspecified atom stereocenters. The standard InChI is InChI=1S/C51H48N2S/c1-3-5-17-37(4-2)38-18-13-20-41(28-26-38)53(43-29-31-51-47(34-43)46-23-10-12-25-50(46)54-51)42-21-14-19-39(32-42)40-27-30-45-44-22-9-11-24-48(44)52(49(45)33-40)35-36-15-7-6-8-16-36/h3-11,13-15,17-19,21-24,26-28,30-33,36,43,47H,1,12,16,20,25,29,34-35H2,2H3/b17-5-,37-4+. The zero-order chi connectivity index (χ0) is 36.4. The summed E-state index contributed by atoms with van der Waals surface area (Å²) in [5.74, 6) is 0.990. The van der Waals surface area contributed by atoms with E-state index in [4.69, 9.17) is 0 Å². The number of nitrogens with zero attached hydrogens (tertiary/aromatic N) is 2. The summed E-state index contributed by atoms with van der Waals surface area (Å²) in [6.07, 6.45) is 40.4. The molecule has 0 bridgehead atoms. The third-order valence-electron chi connectivity index (χ3n) is 11.7. The van der Waals surface area contributed by atoms with Crippen LogP contribution in [0.5, 0.6) is 0 Å². The summed E-state index contributed by atoms with van der Waals surface area (Å²) < 4.78 is 2.56. The Bertz CT molecular complexity index is 2450. The normalized spacial score (nSPS) is 22.4. The Balaban J connectivity index is 1.12. The molecular weight excluding hydrogens is 673 g/mol. The van der Waals surface area contributed by atoms with Gasteiger partial charge in [-0.2, -0.15) is 0 Å². The molecule has 54 heavy (non-hydrogen) atoms. The summed E-state index contributed by atoms with van der Waals surface area (Å²) >= 11 is 2.06. The highest BCUT2D eigenvalue weighted by Gasteiger charge is 2.37. The van der Waals surface area contributed by atoms with Crippen LogP contribution in [-0.4, -0.2) is 10.6 Å². The van der Waals surface area contributed by atoms with Crippen LogP contribution in [0.1, 0.15) is 45.4 Å². The smallest absolute Gasteiger partial charge is 0.0497 e. The second kappa shape index (κ2) is 15.2. The molecule has 4 aromatic rings. The van der Waals surface area contributed by atoms with Crippen molar-refractivity contribution in [3.05, 3.63) is 197 Å². The predicted octanol–water partition coefficient (Wildman–Crippen LogP) is 13.9. The highest BCUT2D eigenvalue weighted by atomic mass is 32.2. The molecule has 2 heterocycles. The molecule has 3 aromatic carbocycles. The van der Waals surface area contributed by atoms with E-state index in [1.54, 1.807) is 15.4 Å². The van der Waals surface area contributed by atoms with Gasteiger partial charge in [-0.1, -0.05) is 146 Å². The monoisotopic (exact) mass is 720 g/mol. The quantitative estimate of drug-likeness (QED) is 0.159. The molecule has 0 fully saturated rings. The number of allylic oxidation sites excluding steroid dienone is 19. The van der Waals surface area contributed by atoms with E-state index in [-0.39, 0.29) is 0 Å². The zero-order valence-electron chi connectivity index (χ0n) is 31.2. The number of aromatic nitrogens is 1. The minimum Gasteiger partial charge on any atom is -0.341 e. The van der Waals surface area contributed by atoms with E-state index in [1.807, 2.05) is 12.2 Å². The summed E-state index contributed by atoms with van der Waals surface area (Å²) in [6, 6.07) is 25.7. The highest BCUT2D eigenvalue weighted by Crippen LogP contribution is 2.54. The lowest BCUT2D eigenvalue weighted by Gasteiger charge is -2.39. The summed E-state index contributed by atoms with van der Waals surface area (Å²) in [6.45, 7) is 6.98. The van der Waals surface area contributed by atoms with Crippen molar-refractivity contribution in [3.63, 3.8) is 0 Å². The Labute approximate surface area is 325 Å². The van der Waals surface area contributed by atoms with Crippen molar-refractivity contribution in [2.24, 2.45) is 11.8 Å². The molecule has 0 N–H and O–H groups in total. The lowest BCUT2D eigenvalue weighted by atomic mass is 9.83. The van der Waals surface area contributed by atoms with Gasteiger partial charge in [-0.3, -0.25) is 0 Å². The van der Waals surface area contributed by atoms with Crippen LogP contribution in [0.3, 0.4) is 0 Å². The fourth-order valence-corrected chi connectivity index (χ4v) is 10.5. The molecule has 3 atom stereocenters. The summed E-state index contributed by atoms with van der Waals surface area (Å²) in [5, 5.41) is 2.66. The zero-order valence-corrected chi connectivity index (χ0v) is 32.0. The van der Waals surface area contributed by atoms with Crippen LogP contribution in [0.2, 0.25) is 0 Å². The van der Waals surface area contributed by atoms with Crippen LogP contribution < -0.4 is 4.90 Å². The van der Waals surface area contributed by atoms with E-state index in [0.717, 1.165) is 32.2 Å². The van der Waals surface area contributed by atoms with E-state index >= 15 is 0 Å². The Morgan fingerprint density at radius 3 is 2.70 bits per heavy atom. The molecule has 0 saturated carbocycles. The number of rotatable bonds is 9. The number of fused-ring (bicyclic) bond motifs is 5. The van der Waals surface area contributed by atoms with E-state index in [0.29, 0.717) is 17.9 Å². The van der Waals surface area contributed by atoms with Gasteiger partial charge in [0.05, 0.1) is 0 Å². The van der Waals surface area contributed by atoms with Crippen molar-refractivity contribution in [2.75, 3.05) is 4.90 Å². The van der Waals surface area contributed by atoms with Crippen LogP contribution in [0, 0.1) is 11.8 Å². The first-order chi connectivity index (χ1) is 26.7. The fourth-order valence-electron chi connectivity index (χ4n) is 9.10. The summed E-state index contributed by atoms with van der Waals surface area (Å²) in [5.41, 5.74) is 11.8. The van der Waals surface area contributed by atoms with Crippen molar-refractivity contribution < 1.29 is 0 Å². The SMILES string of the molecule is C=C/C=C\C(=C/C)C1=CC=C(N(c2cccc(-c3ccc4c5ccccc5n(CC5C=CC=CC5)c4c3)c2)C2CC=C3SC4=C(C=CCC4)C3C2)CC=C1. The van der Waals surface area contributed by atoms with Crippen molar-refractivity contribution in [3.8, 4) is 11.1 Å². The lowest BCUT2D eigenvalue weighted by Crippen LogP contribution is -2.37. The molecule has 2 nitrogen and oxygen atoms in total. The van der Waals surface area contributed by atoms with Gasteiger partial charge in [0.15, 0.2) is 0 Å². The minimum absolute atomic E-state index is 0.357. The van der Waals surface area contributed by atoms with Gasteiger partial charge in [-0.25, -0.2) is 0 Å². The van der Waals surface area contributed by atoms with Gasteiger partial charge in [0.25, 0.3) is 0 Å². The second-order valence-electron chi connectivity index (χ2n) is 15.0. The van der Waals surface area contributed by atoms with Crippen LogP contribution >= 0.6 is 11.8 Å². The fraction of sp³-hybridized carbons (Fsp3) is 0.216. The van der Waals surface area contributed by atoms with Gasteiger partial charge in [-0.15, -0.1) is 0 Å². The van der Waals surface area contributed by atoms with Crippen LogP contribution in [-0.2, 0) is 6.54 Å². The molecule has 5 aliphatic rings. The van der Waals surface area contributed by atoms with Crippen molar-refractivity contribution in [1.82, 2.24) is 4.57 Å². The van der Waals surface area contributed by atoms with Gasteiger partial charge >= 0.3 is 0 Å². The topological polar surface area (TPSA) is 8.17 Å². The first-order valence-corrected chi connectivity index (χ1v) is 20.5. The molecule has 0 saturated heterocycles. The van der Waals surface area contributed by atoms with E-state index in [2.05, 4.69) is 180 Å². The second-order valence-corrected chi connectivity index (χ2v) is 16.2. The van der Waals surface area contributed by atoms with E-state index in [9.17, 15) is 0 Å². The third-order valence-corrected chi connectivity index (χ3v) is 13.1. The Hall–Kier alpha value is -5.25. The van der Waals surface area contributed by atoms with Gasteiger partial charge in [0.2, 0.25) is 0 Å². The molecular formula is C51H48N2S. The largest absolute Gasteiger partial charge is 0.341 e.